The van der Waals surface area contributed by atoms with Crippen molar-refractivity contribution in [2.45, 2.75) is 31.5 Å². The van der Waals surface area contributed by atoms with Crippen molar-refractivity contribution in [2.75, 3.05) is 0 Å². The van der Waals surface area contributed by atoms with Crippen molar-refractivity contribution in [3.05, 3.63) is 32.9 Å². The first-order valence-corrected chi connectivity index (χ1v) is 4.94. The number of aromatic amines is 1. The molecule has 1 aromatic rings. The van der Waals surface area contributed by atoms with Gasteiger partial charge in [-0.05, 0) is 6.92 Å². The lowest BCUT2D eigenvalue weighted by Gasteiger charge is -2.16. The van der Waals surface area contributed by atoms with E-state index in [1.165, 1.54) is 6.92 Å². The summed E-state index contributed by atoms with van der Waals surface area (Å²) in [5, 5.41) is 19.1. The molecule has 1 aliphatic heterocycles. The van der Waals surface area contributed by atoms with E-state index in [1.807, 2.05) is 0 Å². The first-order valence-electron chi connectivity index (χ1n) is 4.94. The molecule has 0 saturated carbocycles. The smallest absolute Gasteiger partial charge is 0.330 e. The number of H-pyrrole nitrogens is 1. The van der Waals surface area contributed by atoms with Gasteiger partial charge in [0.1, 0.15) is 12.2 Å². The predicted molar refractivity (Wildman–Crippen MR) is 52.9 cm³/mol. The van der Waals surface area contributed by atoms with E-state index >= 15 is 0 Å². The van der Waals surface area contributed by atoms with Gasteiger partial charge in [0.15, 0.2) is 6.23 Å². The number of nitrogens with zero attached hydrogens (tertiary/aromatic N) is 1. The quantitative estimate of drug-likeness (QED) is 0.548. The molecule has 0 aromatic carbocycles. The Morgan fingerprint density at radius 1 is 1.41 bits per heavy atom. The van der Waals surface area contributed by atoms with Gasteiger partial charge in [-0.25, -0.2) is 4.79 Å². The first-order chi connectivity index (χ1) is 7.91. The molecule has 1 aromatic heterocycles. The standard InChI is InChI=1S/C9H11FN2O5/c1-3-5(13)6(14)8(17-3)12-2-4(10)7(15)11-9(12)16/h2-3,5-6,8,13-14H,1H3,(H,11,15,16)/t3-,5-,6-,8?/m1/s1. The molecular weight excluding hydrogens is 235 g/mol. The van der Waals surface area contributed by atoms with Crippen LogP contribution in [0.15, 0.2) is 15.8 Å². The molecule has 1 saturated heterocycles. The van der Waals surface area contributed by atoms with E-state index in [0.29, 0.717) is 10.8 Å². The summed E-state index contributed by atoms with van der Waals surface area (Å²) in [5.74, 6) is -1.17. The molecule has 2 rings (SSSR count). The Morgan fingerprint density at radius 2 is 2.06 bits per heavy atom. The molecule has 1 aliphatic rings. The Balaban J connectivity index is 2.46. The molecule has 1 unspecified atom stereocenters. The van der Waals surface area contributed by atoms with Crippen LogP contribution >= 0.6 is 0 Å². The molecule has 94 valence electrons. The lowest BCUT2D eigenvalue weighted by Crippen LogP contribution is -2.38. The number of aliphatic hydroxyl groups is 2. The van der Waals surface area contributed by atoms with Crippen LogP contribution in [-0.4, -0.2) is 38.1 Å². The first kappa shape index (κ1) is 12.0. The van der Waals surface area contributed by atoms with Gasteiger partial charge < -0.3 is 14.9 Å². The lowest BCUT2D eigenvalue weighted by molar-refractivity contribution is -0.0356. The number of aliphatic hydroxyl groups excluding tert-OH is 2. The van der Waals surface area contributed by atoms with Gasteiger partial charge in [-0.2, -0.15) is 4.39 Å². The van der Waals surface area contributed by atoms with E-state index in [4.69, 9.17) is 4.74 Å². The van der Waals surface area contributed by atoms with Gasteiger partial charge in [-0.15, -0.1) is 0 Å². The topological polar surface area (TPSA) is 105 Å². The van der Waals surface area contributed by atoms with Crippen LogP contribution in [0.1, 0.15) is 13.2 Å². The van der Waals surface area contributed by atoms with Crippen molar-refractivity contribution in [2.24, 2.45) is 0 Å². The van der Waals surface area contributed by atoms with E-state index < -0.39 is 41.6 Å². The highest BCUT2D eigenvalue weighted by molar-refractivity contribution is 4.93. The minimum atomic E-state index is -1.37. The third-order valence-corrected chi connectivity index (χ3v) is 2.68. The molecule has 1 fully saturated rings. The van der Waals surface area contributed by atoms with Crippen LogP contribution in [0.25, 0.3) is 0 Å². The molecule has 0 aliphatic carbocycles. The van der Waals surface area contributed by atoms with Crippen molar-refractivity contribution < 1.29 is 19.3 Å². The van der Waals surface area contributed by atoms with Crippen molar-refractivity contribution in [1.82, 2.24) is 9.55 Å². The van der Waals surface area contributed by atoms with Gasteiger partial charge in [0.25, 0.3) is 5.56 Å². The van der Waals surface area contributed by atoms with Crippen molar-refractivity contribution >= 4 is 0 Å². The molecule has 0 spiro atoms. The zero-order valence-corrected chi connectivity index (χ0v) is 8.83. The summed E-state index contributed by atoms with van der Waals surface area (Å²) in [6.07, 6.45) is -3.83. The molecule has 0 amide bonds. The molecule has 3 N–H and O–H groups in total. The number of ether oxygens (including phenoxy) is 1. The highest BCUT2D eigenvalue weighted by atomic mass is 19.1. The third kappa shape index (κ3) is 1.90. The van der Waals surface area contributed by atoms with Gasteiger partial charge >= 0.3 is 5.69 Å². The highest BCUT2D eigenvalue weighted by Crippen LogP contribution is 2.27. The second kappa shape index (κ2) is 4.06. The van der Waals surface area contributed by atoms with E-state index in [0.717, 1.165) is 0 Å². The monoisotopic (exact) mass is 246 g/mol. The van der Waals surface area contributed by atoms with Gasteiger partial charge in [0.2, 0.25) is 5.82 Å². The lowest BCUT2D eigenvalue weighted by atomic mass is 10.1. The summed E-state index contributed by atoms with van der Waals surface area (Å²) in [5.41, 5.74) is -2.06. The Morgan fingerprint density at radius 3 is 2.59 bits per heavy atom. The molecular formula is C9H11FN2O5. The van der Waals surface area contributed by atoms with Gasteiger partial charge in [0, 0.05) is 0 Å². The molecule has 7 nitrogen and oxygen atoms in total. The maximum Gasteiger partial charge on any atom is 0.330 e. The summed E-state index contributed by atoms with van der Waals surface area (Å²) in [6.45, 7) is 1.50. The third-order valence-electron chi connectivity index (χ3n) is 2.68. The van der Waals surface area contributed by atoms with E-state index in [-0.39, 0.29) is 0 Å². The average molecular weight is 246 g/mol. The second-order valence-corrected chi connectivity index (χ2v) is 3.86. The molecule has 17 heavy (non-hydrogen) atoms. The minimum Gasteiger partial charge on any atom is -0.388 e. The Bertz CT molecular complexity index is 539. The zero-order chi connectivity index (χ0) is 12.7. The number of nitrogens with one attached hydrogen (secondary N) is 1. The van der Waals surface area contributed by atoms with E-state index in [2.05, 4.69) is 0 Å². The summed E-state index contributed by atoms with van der Waals surface area (Å²) in [4.78, 5) is 24.0. The van der Waals surface area contributed by atoms with Crippen LogP contribution in [0.2, 0.25) is 0 Å². The van der Waals surface area contributed by atoms with Crippen LogP contribution in [0.3, 0.4) is 0 Å². The fraction of sp³-hybridized carbons (Fsp3) is 0.556. The summed E-state index contributed by atoms with van der Waals surface area (Å²) in [7, 11) is 0. The van der Waals surface area contributed by atoms with Gasteiger partial charge in [0.05, 0.1) is 12.3 Å². The van der Waals surface area contributed by atoms with Crippen molar-refractivity contribution in [1.29, 1.82) is 0 Å². The highest BCUT2D eigenvalue weighted by Gasteiger charge is 2.41. The minimum absolute atomic E-state index is 0.639. The van der Waals surface area contributed by atoms with Crippen LogP contribution < -0.4 is 11.2 Å². The largest absolute Gasteiger partial charge is 0.388 e. The summed E-state index contributed by atoms with van der Waals surface area (Å²) in [6, 6.07) is 0. The molecule has 8 heteroatoms. The van der Waals surface area contributed by atoms with Crippen LogP contribution in [0.4, 0.5) is 4.39 Å². The Kier molecular flexibility index (Phi) is 2.86. The number of hydrogen-bond donors (Lipinski definition) is 3. The Hall–Kier alpha value is -1.51. The average Bonchev–Trinajstić information content (AvgIpc) is 2.51. The van der Waals surface area contributed by atoms with Crippen molar-refractivity contribution in [3.8, 4) is 0 Å². The summed E-state index contributed by atoms with van der Waals surface area (Å²) < 4.78 is 18.9. The van der Waals surface area contributed by atoms with Gasteiger partial charge in [-0.3, -0.25) is 14.3 Å². The van der Waals surface area contributed by atoms with Crippen LogP contribution in [-0.2, 0) is 4.74 Å². The van der Waals surface area contributed by atoms with Crippen LogP contribution in [0, 0.1) is 5.82 Å². The fourth-order valence-corrected chi connectivity index (χ4v) is 1.71. The van der Waals surface area contributed by atoms with Crippen LogP contribution in [0.5, 0.6) is 0 Å². The normalized spacial score (nSPS) is 32.9. The molecule has 4 atom stereocenters. The maximum absolute atomic E-state index is 13.0. The van der Waals surface area contributed by atoms with Crippen molar-refractivity contribution in [3.63, 3.8) is 0 Å². The number of hydrogen-bond acceptors (Lipinski definition) is 5. The predicted octanol–water partition coefficient (Wildman–Crippen LogP) is -1.69. The second-order valence-electron chi connectivity index (χ2n) is 3.86. The number of halogens is 1. The molecule has 0 radical (unpaired) electrons. The fourth-order valence-electron chi connectivity index (χ4n) is 1.71. The van der Waals surface area contributed by atoms with Gasteiger partial charge in [-0.1, -0.05) is 0 Å². The van der Waals surface area contributed by atoms with E-state index in [1.54, 1.807) is 4.98 Å². The number of aromatic nitrogens is 2. The SMILES string of the molecule is C[C@H]1OC(n2cc(F)c(=O)[nH]c2=O)[C@H](O)[C@@H]1O. The Labute approximate surface area is 94.1 Å². The summed E-state index contributed by atoms with van der Waals surface area (Å²) >= 11 is 0. The molecule has 0 bridgehead atoms. The van der Waals surface area contributed by atoms with E-state index in [9.17, 15) is 24.2 Å². The number of rotatable bonds is 1. The molecule has 2 heterocycles. The zero-order valence-electron chi connectivity index (χ0n) is 8.83. The maximum atomic E-state index is 13.0.